The zero-order valence-electron chi connectivity index (χ0n) is 12.6. The Labute approximate surface area is 152 Å². The first-order chi connectivity index (χ1) is 12.0. The summed E-state index contributed by atoms with van der Waals surface area (Å²) in [6, 6.07) is 8.51. The summed E-state index contributed by atoms with van der Waals surface area (Å²) in [5, 5.41) is 0.998. The van der Waals surface area contributed by atoms with E-state index in [9.17, 15) is 14.0 Å². The number of hydrogen-bond donors (Lipinski definition) is 1. The molecule has 1 aliphatic heterocycles. The molecule has 0 radical (unpaired) electrons. The van der Waals surface area contributed by atoms with Crippen LogP contribution in [0.4, 0.5) is 4.39 Å². The quantitative estimate of drug-likeness (QED) is 0.655. The van der Waals surface area contributed by atoms with Crippen LogP contribution < -0.4 is 5.43 Å². The minimum atomic E-state index is -0.552. The van der Waals surface area contributed by atoms with Gasteiger partial charge in [-0.2, -0.15) is 5.01 Å². The van der Waals surface area contributed by atoms with Crippen molar-refractivity contribution in [3.05, 3.63) is 76.9 Å². The van der Waals surface area contributed by atoms with E-state index in [1.807, 2.05) is 0 Å². The molecule has 1 aromatic heterocycles. The number of carbonyl (C=O) groups is 2. The Balaban J connectivity index is 1.68. The van der Waals surface area contributed by atoms with E-state index >= 15 is 0 Å². The summed E-state index contributed by atoms with van der Waals surface area (Å²) in [6.07, 6.45) is 6.49. The second-order valence-corrected chi connectivity index (χ2v) is 6.54. The lowest BCUT2D eigenvalue weighted by molar-refractivity contribution is -0.123. The van der Waals surface area contributed by atoms with E-state index in [4.69, 9.17) is 16.6 Å². The fourth-order valence-electron chi connectivity index (χ4n) is 1.96. The molecule has 3 rings (SSSR count). The standard InChI is InChI=1S/C17H11FN2O3S2/c18-12-8-6-11(7-9-12)15(21)19-20-16(22)14(25-17(20)24)5-1-3-13-4-2-10-23-13/h1-10H,(H,19,21)/b3-1+,14-5+. The molecule has 5 nitrogen and oxygen atoms in total. The summed E-state index contributed by atoms with van der Waals surface area (Å²) in [7, 11) is 0. The second kappa shape index (κ2) is 7.45. The average molecular weight is 374 g/mol. The Kier molecular flexibility index (Phi) is 5.11. The van der Waals surface area contributed by atoms with Crippen LogP contribution in [0.5, 0.6) is 0 Å². The maximum atomic E-state index is 12.9. The van der Waals surface area contributed by atoms with E-state index in [1.54, 1.807) is 36.6 Å². The number of hydrogen-bond acceptors (Lipinski definition) is 5. The monoisotopic (exact) mass is 374 g/mol. The van der Waals surface area contributed by atoms with Crippen molar-refractivity contribution in [3.63, 3.8) is 0 Å². The van der Waals surface area contributed by atoms with E-state index in [2.05, 4.69) is 5.43 Å². The number of thioether (sulfide) groups is 1. The van der Waals surface area contributed by atoms with Crippen LogP contribution in [0.2, 0.25) is 0 Å². The first kappa shape index (κ1) is 17.1. The number of allylic oxidation sites excluding steroid dienone is 2. The summed E-state index contributed by atoms with van der Waals surface area (Å²) >= 11 is 6.19. The molecule has 1 N–H and O–H groups in total. The molecule has 126 valence electrons. The van der Waals surface area contributed by atoms with Crippen LogP contribution in [0.1, 0.15) is 16.1 Å². The molecule has 0 spiro atoms. The first-order valence-corrected chi connectivity index (χ1v) is 8.32. The number of hydrazine groups is 1. The predicted molar refractivity (Wildman–Crippen MR) is 96.7 cm³/mol. The van der Waals surface area contributed by atoms with Crippen LogP contribution in [-0.2, 0) is 4.79 Å². The van der Waals surface area contributed by atoms with Gasteiger partial charge in [0.1, 0.15) is 11.6 Å². The molecule has 1 saturated heterocycles. The molecule has 0 saturated carbocycles. The van der Waals surface area contributed by atoms with Gasteiger partial charge >= 0.3 is 0 Å². The molecule has 1 aromatic carbocycles. The Hall–Kier alpha value is -2.71. The highest BCUT2D eigenvalue weighted by Gasteiger charge is 2.33. The zero-order valence-corrected chi connectivity index (χ0v) is 14.3. The highest BCUT2D eigenvalue weighted by atomic mass is 32.2. The Bertz CT molecular complexity index is 874. The topological polar surface area (TPSA) is 62.6 Å². The lowest BCUT2D eigenvalue weighted by atomic mass is 10.2. The Morgan fingerprint density at radius 2 is 2.04 bits per heavy atom. The molecule has 2 aromatic rings. The maximum Gasteiger partial charge on any atom is 0.285 e. The highest BCUT2D eigenvalue weighted by molar-refractivity contribution is 8.26. The van der Waals surface area contributed by atoms with Crippen molar-refractivity contribution in [3.8, 4) is 0 Å². The van der Waals surface area contributed by atoms with E-state index in [1.165, 1.54) is 24.3 Å². The number of benzene rings is 1. The van der Waals surface area contributed by atoms with Crippen LogP contribution in [-0.4, -0.2) is 21.1 Å². The van der Waals surface area contributed by atoms with Crippen molar-refractivity contribution in [1.29, 1.82) is 0 Å². The smallest absolute Gasteiger partial charge is 0.285 e. The van der Waals surface area contributed by atoms with Gasteiger partial charge < -0.3 is 4.42 Å². The van der Waals surface area contributed by atoms with Gasteiger partial charge in [0.15, 0.2) is 4.32 Å². The van der Waals surface area contributed by atoms with Crippen molar-refractivity contribution in [2.24, 2.45) is 0 Å². The van der Waals surface area contributed by atoms with Gasteiger partial charge in [-0.05, 0) is 60.8 Å². The number of nitrogens with one attached hydrogen (secondary N) is 1. The van der Waals surface area contributed by atoms with E-state index in [0.29, 0.717) is 10.7 Å². The molecule has 0 atom stereocenters. The fraction of sp³-hybridized carbons (Fsp3) is 0. The van der Waals surface area contributed by atoms with E-state index < -0.39 is 17.6 Å². The summed E-state index contributed by atoms with van der Waals surface area (Å²) in [5.41, 5.74) is 2.64. The molecule has 8 heteroatoms. The fourth-order valence-corrected chi connectivity index (χ4v) is 3.09. The Morgan fingerprint density at radius 1 is 1.28 bits per heavy atom. The summed E-state index contributed by atoms with van der Waals surface area (Å²) in [6.45, 7) is 0. The van der Waals surface area contributed by atoms with Gasteiger partial charge in [0, 0.05) is 5.56 Å². The van der Waals surface area contributed by atoms with Crippen molar-refractivity contribution in [1.82, 2.24) is 10.4 Å². The van der Waals surface area contributed by atoms with Crippen LogP contribution in [0, 0.1) is 5.82 Å². The number of carbonyl (C=O) groups excluding carboxylic acids is 2. The largest absolute Gasteiger partial charge is 0.465 e. The molecule has 2 heterocycles. The van der Waals surface area contributed by atoms with Gasteiger partial charge in [0.25, 0.3) is 11.8 Å². The van der Waals surface area contributed by atoms with Crippen molar-refractivity contribution < 1.29 is 18.4 Å². The third-order valence-electron chi connectivity index (χ3n) is 3.16. The second-order valence-electron chi connectivity index (χ2n) is 4.86. The van der Waals surface area contributed by atoms with Crippen LogP contribution in [0.3, 0.4) is 0 Å². The SMILES string of the molecule is O=C(NN1C(=O)/C(=C\C=C\c2ccco2)SC1=S)c1ccc(F)cc1. The lowest BCUT2D eigenvalue weighted by Gasteiger charge is -2.15. The highest BCUT2D eigenvalue weighted by Crippen LogP contribution is 2.29. The number of rotatable bonds is 4. The van der Waals surface area contributed by atoms with Gasteiger partial charge in [-0.1, -0.05) is 17.8 Å². The van der Waals surface area contributed by atoms with Gasteiger partial charge in [0.05, 0.1) is 11.2 Å². The number of nitrogens with zero attached hydrogens (tertiary/aromatic N) is 1. The van der Waals surface area contributed by atoms with Gasteiger partial charge in [-0.15, -0.1) is 0 Å². The van der Waals surface area contributed by atoms with E-state index in [0.717, 1.165) is 16.8 Å². The molecular formula is C17H11FN2O3S2. The summed E-state index contributed by atoms with van der Waals surface area (Å²) < 4.78 is 18.3. The number of furan rings is 1. The van der Waals surface area contributed by atoms with Gasteiger partial charge in [-0.25, -0.2) is 4.39 Å². The number of thiocarbonyl (C=S) groups is 1. The first-order valence-electron chi connectivity index (χ1n) is 7.09. The minimum Gasteiger partial charge on any atom is -0.465 e. The molecule has 1 aliphatic rings. The van der Waals surface area contributed by atoms with Crippen molar-refractivity contribution in [2.75, 3.05) is 0 Å². The molecule has 25 heavy (non-hydrogen) atoms. The van der Waals surface area contributed by atoms with E-state index in [-0.39, 0.29) is 9.88 Å². The minimum absolute atomic E-state index is 0.207. The van der Waals surface area contributed by atoms with Gasteiger partial charge in [-0.3, -0.25) is 15.0 Å². The van der Waals surface area contributed by atoms with Crippen LogP contribution in [0.15, 0.2) is 64.1 Å². The van der Waals surface area contributed by atoms with Crippen LogP contribution in [0.25, 0.3) is 6.08 Å². The summed E-state index contributed by atoms with van der Waals surface area (Å²) in [5.74, 6) is -0.789. The molecule has 0 bridgehead atoms. The predicted octanol–water partition coefficient (Wildman–Crippen LogP) is 3.52. The normalized spacial score (nSPS) is 16.2. The molecule has 0 unspecified atom stereocenters. The summed E-state index contributed by atoms with van der Waals surface area (Å²) in [4.78, 5) is 24.9. The molecular weight excluding hydrogens is 363 g/mol. The third kappa shape index (κ3) is 4.04. The van der Waals surface area contributed by atoms with Crippen molar-refractivity contribution in [2.45, 2.75) is 0 Å². The zero-order chi connectivity index (χ0) is 17.8. The number of amides is 2. The average Bonchev–Trinajstić information content (AvgIpc) is 3.20. The van der Waals surface area contributed by atoms with Crippen LogP contribution >= 0.6 is 24.0 Å². The third-order valence-corrected chi connectivity index (χ3v) is 4.49. The lowest BCUT2D eigenvalue weighted by Crippen LogP contribution is -2.44. The molecule has 0 aliphatic carbocycles. The van der Waals surface area contributed by atoms with Crippen molar-refractivity contribution >= 4 is 46.2 Å². The number of halogens is 1. The maximum absolute atomic E-state index is 12.9. The molecule has 1 fully saturated rings. The van der Waals surface area contributed by atoms with Gasteiger partial charge in [0.2, 0.25) is 0 Å². The molecule has 2 amide bonds. The Morgan fingerprint density at radius 3 is 2.72 bits per heavy atom.